The summed E-state index contributed by atoms with van der Waals surface area (Å²) in [6.07, 6.45) is 6.83. The Bertz CT molecular complexity index is 902. The van der Waals surface area contributed by atoms with E-state index < -0.39 is 17.5 Å². The summed E-state index contributed by atoms with van der Waals surface area (Å²) in [6, 6.07) is 5.15. The lowest BCUT2D eigenvalue weighted by Crippen LogP contribution is -2.16. The van der Waals surface area contributed by atoms with E-state index in [4.69, 9.17) is 9.47 Å². The highest BCUT2D eigenvalue weighted by atomic mass is 19.2. The van der Waals surface area contributed by atoms with Crippen molar-refractivity contribution in [1.82, 2.24) is 0 Å². The van der Waals surface area contributed by atoms with Gasteiger partial charge in [-0.2, -0.15) is 8.78 Å². The molecule has 156 valence electrons. The molecule has 0 N–H and O–H groups in total. The number of hydrogen-bond donors (Lipinski definition) is 0. The first-order valence-electron chi connectivity index (χ1n) is 10.7. The molecular formula is C24H27F3O2. The Labute approximate surface area is 170 Å². The van der Waals surface area contributed by atoms with Crippen LogP contribution in [0.25, 0.3) is 0 Å². The molecule has 0 atom stereocenters. The first-order valence-corrected chi connectivity index (χ1v) is 10.7. The molecule has 1 heterocycles. The predicted octanol–water partition coefficient (Wildman–Crippen LogP) is 7.27. The zero-order valence-corrected chi connectivity index (χ0v) is 17.0. The molecule has 0 bridgehead atoms. The second-order valence-electron chi connectivity index (χ2n) is 8.17. The van der Waals surface area contributed by atoms with E-state index in [0.717, 1.165) is 31.6 Å². The predicted molar refractivity (Wildman–Crippen MR) is 106 cm³/mol. The van der Waals surface area contributed by atoms with E-state index >= 15 is 4.39 Å². The normalized spacial score (nSPS) is 20.6. The summed E-state index contributed by atoms with van der Waals surface area (Å²) in [4.78, 5) is 0. The van der Waals surface area contributed by atoms with E-state index in [9.17, 15) is 8.78 Å². The first kappa shape index (κ1) is 20.1. The van der Waals surface area contributed by atoms with Crippen molar-refractivity contribution in [3.63, 3.8) is 0 Å². The third-order valence-electron chi connectivity index (χ3n) is 6.28. The molecule has 5 heteroatoms. The second-order valence-corrected chi connectivity index (χ2v) is 8.17. The minimum Gasteiger partial charge on any atom is -0.491 e. The zero-order chi connectivity index (χ0) is 20.5. The van der Waals surface area contributed by atoms with Gasteiger partial charge in [-0.15, -0.1) is 0 Å². The van der Waals surface area contributed by atoms with Crippen molar-refractivity contribution in [2.45, 2.75) is 64.7 Å². The molecule has 0 unspecified atom stereocenters. The van der Waals surface area contributed by atoms with Gasteiger partial charge in [0.1, 0.15) is 0 Å². The molecule has 1 aliphatic carbocycles. The van der Waals surface area contributed by atoms with Crippen LogP contribution in [0.4, 0.5) is 13.2 Å². The summed E-state index contributed by atoms with van der Waals surface area (Å²) in [5.41, 5.74) is 1.74. The maximum atomic E-state index is 15.3. The lowest BCUT2D eigenvalue weighted by Gasteiger charge is -2.30. The molecular weight excluding hydrogens is 377 g/mol. The molecule has 0 saturated heterocycles. The maximum absolute atomic E-state index is 15.3. The number of ether oxygens (including phenoxy) is 2. The van der Waals surface area contributed by atoms with Gasteiger partial charge < -0.3 is 9.47 Å². The molecule has 2 aromatic carbocycles. The molecule has 1 saturated carbocycles. The third kappa shape index (κ3) is 3.72. The molecule has 29 heavy (non-hydrogen) atoms. The van der Waals surface area contributed by atoms with E-state index in [-0.39, 0.29) is 36.2 Å². The highest BCUT2D eigenvalue weighted by Gasteiger charge is 2.31. The molecule has 2 aliphatic rings. The quantitative estimate of drug-likeness (QED) is 0.445. The number of hydrogen-bond acceptors (Lipinski definition) is 2. The monoisotopic (exact) mass is 404 g/mol. The SMILES string of the molecule is CCCC1CCC(c2ccc3c(c2F)Oc2c(cc(OCC)c(F)c2F)C3)CC1. The van der Waals surface area contributed by atoms with Crippen LogP contribution in [-0.2, 0) is 6.42 Å². The Balaban J connectivity index is 1.62. The van der Waals surface area contributed by atoms with E-state index in [1.165, 1.54) is 18.9 Å². The number of benzene rings is 2. The van der Waals surface area contributed by atoms with Crippen LogP contribution in [0.1, 0.15) is 75.0 Å². The van der Waals surface area contributed by atoms with Crippen LogP contribution in [0, 0.1) is 23.4 Å². The molecule has 0 amide bonds. The van der Waals surface area contributed by atoms with Crippen LogP contribution < -0.4 is 9.47 Å². The molecule has 0 radical (unpaired) electrons. The van der Waals surface area contributed by atoms with Crippen molar-refractivity contribution in [2.24, 2.45) is 5.92 Å². The number of rotatable bonds is 5. The molecule has 2 nitrogen and oxygen atoms in total. The van der Waals surface area contributed by atoms with E-state index in [1.54, 1.807) is 6.92 Å². The van der Waals surface area contributed by atoms with Crippen molar-refractivity contribution >= 4 is 0 Å². The van der Waals surface area contributed by atoms with E-state index in [2.05, 4.69) is 6.92 Å². The van der Waals surface area contributed by atoms with Crippen LogP contribution in [0.3, 0.4) is 0 Å². The first-order chi connectivity index (χ1) is 14.0. The lowest BCUT2D eigenvalue weighted by molar-refractivity contribution is 0.299. The van der Waals surface area contributed by atoms with Gasteiger partial charge in [0.05, 0.1) is 6.61 Å². The fraction of sp³-hybridized carbons (Fsp3) is 0.500. The van der Waals surface area contributed by atoms with Gasteiger partial charge in [0, 0.05) is 17.5 Å². The average molecular weight is 404 g/mol. The van der Waals surface area contributed by atoms with E-state index in [1.807, 2.05) is 12.1 Å². The maximum Gasteiger partial charge on any atom is 0.205 e. The van der Waals surface area contributed by atoms with Gasteiger partial charge in [-0.1, -0.05) is 31.9 Å². The van der Waals surface area contributed by atoms with Crippen LogP contribution in [0.5, 0.6) is 17.2 Å². The van der Waals surface area contributed by atoms with Crippen molar-refractivity contribution in [1.29, 1.82) is 0 Å². The minimum atomic E-state index is -1.12. The lowest BCUT2D eigenvalue weighted by atomic mass is 9.77. The third-order valence-corrected chi connectivity index (χ3v) is 6.28. The standard InChI is InChI=1S/C24H27F3O2/c1-3-5-14-6-8-15(9-7-14)18-11-10-16-12-17-13-19(28-4-2)21(26)22(27)24(17)29-23(16)20(18)25/h10-11,13-15H,3-9,12H2,1-2H3. The Morgan fingerprint density at radius 2 is 1.66 bits per heavy atom. The van der Waals surface area contributed by atoms with Crippen LogP contribution in [-0.4, -0.2) is 6.61 Å². The highest BCUT2D eigenvalue weighted by molar-refractivity contribution is 5.55. The van der Waals surface area contributed by atoms with E-state index in [0.29, 0.717) is 16.7 Å². The molecule has 0 aromatic heterocycles. The Hall–Kier alpha value is -2.17. The summed E-state index contributed by atoms with van der Waals surface area (Å²) in [6.45, 7) is 4.13. The topological polar surface area (TPSA) is 18.5 Å². The smallest absolute Gasteiger partial charge is 0.205 e. The average Bonchev–Trinajstić information content (AvgIpc) is 2.72. The Kier molecular flexibility index (Phi) is 5.75. The van der Waals surface area contributed by atoms with Gasteiger partial charge in [0.25, 0.3) is 0 Å². The summed E-state index contributed by atoms with van der Waals surface area (Å²) in [5.74, 6) is -2.11. The van der Waals surface area contributed by atoms with Crippen molar-refractivity contribution < 1.29 is 22.6 Å². The molecule has 1 fully saturated rings. The van der Waals surface area contributed by atoms with Crippen molar-refractivity contribution in [3.05, 3.63) is 52.3 Å². The largest absolute Gasteiger partial charge is 0.491 e. The van der Waals surface area contributed by atoms with Crippen molar-refractivity contribution in [3.8, 4) is 17.2 Å². The van der Waals surface area contributed by atoms with Gasteiger partial charge in [0.2, 0.25) is 11.6 Å². The van der Waals surface area contributed by atoms with Gasteiger partial charge in [-0.3, -0.25) is 0 Å². The molecule has 1 aliphatic heterocycles. The molecule has 0 spiro atoms. The van der Waals surface area contributed by atoms with Crippen molar-refractivity contribution in [2.75, 3.05) is 6.61 Å². The second kappa shape index (κ2) is 8.29. The number of fused-ring (bicyclic) bond motifs is 2. The highest BCUT2D eigenvalue weighted by Crippen LogP contribution is 2.46. The van der Waals surface area contributed by atoms with Gasteiger partial charge in [-0.05, 0) is 56.1 Å². The summed E-state index contributed by atoms with van der Waals surface area (Å²) in [5, 5.41) is 0. The van der Waals surface area contributed by atoms with Crippen LogP contribution in [0.15, 0.2) is 18.2 Å². The summed E-state index contributed by atoms with van der Waals surface area (Å²) < 4.78 is 54.9. The molecule has 4 rings (SSSR count). The molecule has 2 aromatic rings. The van der Waals surface area contributed by atoms with Gasteiger partial charge in [-0.25, -0.2) is 4.39 Å². The Morgan fingerprint density at radius 1 is 0.931 bits per heavy atom. The van der Waals surface area contributed by atoms with Crippen LogP contribution in [0.2, 0.25) is 0 Å². The van der Waals surface area contributed by atoms with Crippen LogP contribution >= 0.6 is 0 Å². The number of halogens is 3. The van der Waals surface area contributed by atoms with Gasteiger partial charge in [0.15, 0.2) is 23.1 Å². The Morgan fingerprint density at radius 3 is 2.34 bits per heavy atom. The minimum absolute atomic E-state index is 0.0353. The summed E-state index contributed by atoms with van der Waals surface area (Å²) >= 11 is 0. The fourth-order valence-corrected chi connectivity index (χ4v) is 4.79. The fourth-order valence-electron chi connectivity index (χ4n) is 4.79. The summed E-state index contributed by atoms with van der Waals surface area (Å²) in [7, 11) is 0. The van der Waals surface area contributed by atoms with Gasteiger partial charge >= 0.3 is 0 Å². The zero-order valence-electron chi connectivity index (χ0n) is 17.0.